The average molecular weight is 279 g/mol. The van der Waals surface area contributed by atoms with Gasteiger partial charge in [-0.2, -0.15) is 0 Å². The highest BCUT2D eigenvalue weighted by atomic mass is 35.5. The lowest BCUT2D eigenvalue weighted by molar-refractivity contribution is -0.134. The van der Waals surface area contributed by atoms with Crippen molar-refractivity contribution in [1.29, 1.82) is 0 Å². The van der Waals surface area contributed by atoms with E-state index >= 15 is 0 Å². The Labute approximate surface area is 112 Å². The van der Waals surface area contributed by atoms with E-state index in [-0.39, 0.29) is 31.0 Å². The molecule has 1 heterocycles. The second kappa shape index (κ2) is 7.66. The quantitative estimate of drug-likeness (QED) is 0.891. The Bertz CT molecular complexity index is 332. The summed E-state index contributed by atoms with van der Waals surface area (Å²) in [6, 6.07) is 3.46. The maximum atomic E-state index is 11.9. The van der Waals surface area contributed by atoms with Gasteiger partial charge in [-0.25, -0.2) is 0 Å². The first kappa shape index (κ1) is 16.4. The van der Waals surface area contributed by atoms with Crippen LogP contribution in [0, 0.1) is 0 Å². The number of thiophene rings is 1. The molecule has 0 fully saturated rings. The number of carbonyl (C=O) groups excluding carboxylic acids is 1. The zero-order valence-corrected chi connectivity index (χ0v) is 11.9. The first-order chi connectivity index (χ1) is 7.57. The molecule has 2 N–H and O–H groups in total. The van der Waals surface area contributed by atoms with Crippen molar-refractivity contribution in [3.63, 3.8) is 0 Å². The SMILES string of the molecule is COCC(N)C(=O)N(C)C(C)c1cccs1.Cl. The lowest BCUT2D eigenvalue weighted by Gasteiger charge is -2.26. The predicted molar refractivity (Wildman–Crippen MR) is 72.6 cm³/mol. The Hall–Kier alpha value is -0.620. The van der Waals surface area contributed by atoms with Crippen LogP contribution in [-0.2, 0) is 9.53 Å². The first-order valence-electron chi connectivity index (χ1n) is 5.12. The summed E-state index contributed by atoms with van der Waals surface area (Å²) in [7, 11) is 3.30. The molecule has 0 aliphatic heterocycles. The Morgan fingerprint density at radius 2 is 2.29 bits per heavy atom. The van der Waals surface area contributed by atoms with E-state index in [4.69, 9.17) is 10.5 Å². The number of methoxy groups -OCH3 is 1. The maximum Gasteiger partial charge on any atom is 0.242 e. The van der Waals surface area contributed by atoms with Gasteiger partial charge in [0, 0.05) is 19.0 Å². The summed E-state index contributed by atoms with van der Waals surface area (Å²) in [6.07, 6.45) is 0. The number of hydrogen-bond acceptors (Lipinski definition) is 4. The predicted octanol–water partition coefficient (Wildman–Crippen LogP) is 1.66. The minimum atomic E-state index is -0.586. The highest BCUT2D eigenvalue weighted by Gasteiger charge is 2.23. The Morgan fingerprint density at radius 3 is 2.76 bits per heavy atom. The standard InChI is InChI=1S/C11H18N2O2S.ClH/c1-8(10-5-4-6-16-10)13(2)11(14)9(12)7-15-3;/h4-6,8-9H,7,12H2,1-3H3;1H. The Balaban J connectivity index is 0.00000256. The molecule has 1 rings (SSSR count). The van der Waals surface area contributed by atoms with Gasteiger partial charge in [0.2, 0.25) is 5.91 Å². The third-order valence-electron chi connectivity index (χ3n) is 2.55. The molecule has 1 aromatic rings. The smallest absolute Gasteiger partial charge is 0.242 e. The van der Waals surface area contributed by atoms with E-state index in [1.807, 2.05) is 24.4 Å². The van der Waals surface area contributed by atoms with Crippen molar-refractivity contribution in [2.24, 2.45) is 5.73 Å². The molecule has 2 atom stereocenters. The third kappa shape index (κ3) is 4.27. The van der Waals surface area contributed by atoms with Gasteiger partial charge in [0.1, 0.15) is 6.04 Å². The van der Waals surface area contributed by atoms with Crippen molar-refractivity contribution >= 4 is 29.7 Å². The molecule has 2 unspecified atom stereocenters. The highest BCUT2D eigenvalue weighted by molar-refractivity contribution is 7.10. The number of amides is 1. The van der Waals surface area contributed by atoms with Crippen molar-refractivity contribution in [2.45, 2.75) is 19.0 Å². The van der Waals surface area contributed by atoms with E-state index in [2.05, 4.69) is 0 Å². The number of hydrogen-bond donors (Lipinski definition) is 1. The molecule has 0 aromatic carbocycles. The van der Waals surface area contributed by atoms with Crippen molar-refractivity contribution < 1.29 is 9.53 Å². The van der Waals surface area contributed by atoms with Gasteiger partial charge in [-0.15, -0.1) is 23.7 Å². The number of ether oxygens (including phenoxy) is 1. The molecule has 17 heavy (non-hydrogen) atoms. The summed E-state index contributed by atoms with van der Waals surface area (Å²) in [5.41, 5.74) is 5.71. The maximum absolute atomic E-state index is 11.9. The van der Waals surface area contributed by atoms with E-state index in [9.17, 15) is 4.79 Å². The zero-order valence-electron chi connectivity index (χ0n) is 10.3. The summed E-state index contributed by atoms with van der Waals surface area (Å²) in [4.78, 5) is 14.7. The van der Waals surface area contributed by atoms with Gasteiger partial charge in [0.25, 0.3) is 0 Å². The summed E-state index contributed by atoms with van der Waals surface area (Å²) in [6.45, 7) is 2.24. The molecule has 0 saturated carbocycles. The number of likely N-dealkylation sites (N-methyl/N-ethyl adjacent to an activating group) is 1. The fourth-order valence-electron chi connectivity index (χ4n) is 1.42. The van der Waals surface area contributed by atoms with Gasteiger partial charge in [0.15, 0.2) is 0 Å². The van der Waals surface area contributed by atoms with Crippen LogP contribution in [0.1, 0.15) is 17.8 Å². The van der Waals surface area contributed by atoms with Crippen LogP contribution < -0.4 is 5.73 Å². The van der Waals surface area contributed by atoms with Gasteiger partial charge in [-0.3, -0.25) is 4.79 Å². The van der Waals surface area contributed by atoms with Crippen LogP contribution in [0.2, 0.25) is 0 Å². The lowest BCUT2D eigenvalue weighted by atomic mass is 10.2. The molecular formula is C11H19ClN2O2S. The largest absolute Gasteiger partial charge is 0.383 e. The summed E-state index contributed by atoms with van der Waals surface area (Å²) >= 11 is 1.64. The molecule has 4 nitrogen and oxygen atoms in total. The normalized spacial score (nSPS) is 13.6. The number of halogens is 1. The second-order valence-electron chi connectivity index (χ2n) is 3.70. The molecule has 0 aliphatic rings. The van der Waals surface area contributed by atoms with Gasteiger partial charge in [-0.05, 0) is 18.4 Å². The van der Waals surface area contributed by atoms with Gasteiger partial charge >= 0.3 is 0 Å². The molecular weight excluding hydrogens is 260 g/mol. The van der Waals surface area contributed by atoms with Crippen LogP contribution in [0.25, 0.3) is 0 Å². The van der Waals surface area contributed by atoms with Crippen molar-refractivity contribution in [3.8, 4) is 0 Å². The molecule has 1 aromatic heterocycles. The van der Waals surface area contributed by atoms with Crippen LogP contribution in [-0.4, -0.2) is 37.6 Å². The number of nitrogens with zero attached hydrogens (tertiary/aromatic N) is 1. The van der Waals surface area contributed by atoms with Crippen molar-refractivity contribution in [2.75, 3.05) is 20.8 Å². The fourth-order valence-corrected chi connectivity index (χ4v) is 2.25. The van der Waals surface area contributed by atoms with E-state index in [1.54, 1.807) is 23.3 Å². The van der Waals surface area contributed by atoms with Crippen LogP contribution in [0.5, 0.6) is 0 Å². The summed E-state index contributed by atoms with van der Waals surface area (Å²) < 4.78 is 4.88. The van der Waals surface area contributed by atoms with Crippen molar-refractivity contribution in [1.82, 2.24) is 4.90 Å². The summed E-state index contributed by atoms with van der Waals surface area (Å²) in [5.74, 6) is -0.0947. The van der Waals surface area contributed by atoms with Gasteiger partial charge in [-0.1, -0.05) is 6.07 Å². The molecule has 1 amide bonds. The molecule has 0 aliphatic carbocycles. The Kier molecular flexibility index (Phi) is 7.38. The number of nitrogens with two attached hydrogens (primary N) is 1. The van der Waals surface area contributed by atoms with E-state index in [1.165, 1.54) is 7.11 Å². The van der Waals surface area contributed by atoms with Gasteiger partial charge in [0.05, 0.1) is 12.6 Å². The molecule has 98 valence electrons. The van der Waals surface area contributed by atoms with E-state index < -0.39 is 6.04 Å². The minimum Gasteiger partial charge on any atom is -0.383 e. The third-order valence-corrected chi connectivity index (χ3v) is 3.59. The minimum absolute atomic E-state index is 0. The van der Waals surface area contributed by atoms with Crippen LogP contribution >= 0.6 is 23.7 Å². The molecule has 0 radical (unpaired) electrons. The number of carbonyl (C=O) groups is 1. The Morgan fingerprint density at radius 1 is 1.65 bits per heavy atom. The first-order valence-corrected chi connectivity index (χ1v) is 6.00. The van der Waals surface area contributed by atoms with Crippen molar-refractivity contribution in [3.05, 3.63) is 22.4 Å². The zero-order chi connectivity index (χ0) is 12.1. The number of rotatable bonds is 5. The van der Waals surface area contributed by atoms with E-state index in [0.717, 1.165) is 4.88 Å². The topological polar surface area (TPSA) is 55.6 Å². The average Bonchev–Trinajstić information content (AvgIpc) is 2.79. The molecule has 0 spiro atoms. The highest BCUT2D eigenvalue weighted by Crippen LogP contribution is 2.23. The molecule has 0 saturated heterocycles. The second-order valence-corrected chi connectivity index (χ2v) is 4.68. The fraction of sp³-hybridized carbons (Fsp3) is 0.545. The molecule has 6 heteroatoms. The van der Waals surface area contributed by atoms with Crippen LogP contribution in [0.4, 0.5) is 0 Å². The van der Waals surface area contributed by atoms with Crippen LogP contribution in [0.3, 0.4) is 0 Å². The summed E-state index contributed by atoms with van der Waals surface area (Å²) in [5, 5.41) is 2.00. The molecule has 0 bridgehead atoms. The monoisotopic (exact) mass is 278 g/mol. The van der Waals surface area contributed by atoms with E-state index in [0.29, 0.717) is 0 Å². The van der Waals surface area contributed by atoms with Crippen LogP contribution in [0.15, 0.2) is 17.5 Å². The van der Waals surface area contributed by atoms with Gasteiger partial charge < -0.3 is 15.4 Å². The lowest BCUT2D eigenvalue weighted by Crippen LogP contribution is -2.45.